The number of hydroxylamine groups is 2. The number of aliphatic hydroxyl groups excluding tert-OH is 2. The summed E-state index contributed by atoms with van der Waals surface area (Å²) < 4.78 is 43.8. The second-order valence-electron chi connectivity index (χ2n) is 9.39. The number of ether oxygens (including phenoxy) is 1. The molecule has 39 heavy (non-hydrogen) atoms. The highest BCUT2D eigenvalue weighted by molar-refractivity contribution is 5.90. The lowest BCUT2D eigenvalue weighted by Crippen LogP contribution is -2.47. The molecule has 9 nitrogen and oxygen atoms in total. The van der Waals surface area contributed by atoms with Gasteiger partial charge in [-0.05, 0) is 49.1 Å². The molecule has 0 unspecified atom stereocenters. The Morgan fingerprint density at radius 1 is 1.03 bits per heavy atom. The fourth-order valence-corrected chi connectivity index (χ4v) is 4.20. The molecular weight excluding hydrogens is 519 g/mol. The maximum atomic E-state index is 12.8. The van der Waals surface area contributed by atoms with Crippen LogP contribution in [0.3, 0.4) is 0 Å². The van der Waals surface area contributed by atoms with Crippen LogP contribution in [0, 0.1) is 0 Å². The van der Waals surface area contributed by atoms with Gasteiger partial charge >= 0.3 is 18.2 Å². The van der Waals surface area contributed by atoms with Gasteiger partial charge in [0, 0.05) is 18.3 Å². The molecule has 214 valence electrons. The van der Waals surface area contributed by atoms with Crippen molar-refractivity contribution in [1.29, 1.82) is 0 Å². The normalized spacial score (nSPS) is 15.7. The Balaban J connectivity index is 1.51. The molecule has 4 N–H and O–H groups in total. The molecule has 0 aliphatic heterocycles. The van der Waals surface area contributed by atoms with Gasteiger partial charge in [0.15, 0.2) is 0 Å². The number of aliphatic hydroxyl groups is 2. The van der Waals surface area contributed by atoms with Crippen LogP contribution in [0.4, 0.5) is 23.7 Å². The molecule has 1 fully saturated rings. The summed E-state index contributed by atoms with van der Waals surface area (Å²) in [5, 5.41) is 26.0. The summed E-state index contributed by atoms with van der Waals surface area (Å²) in [7, 11) is 0. The number of alkyl halides is 3. The van der Waals surface area contributed by atoms with Gasteiger partial charge in [0.1, 0.15) is 18.5 Å². The van der Waals surface area contributed by atoms with Gasteiger partial charge in [-0.2, -0.15) is 13.2 Å². The van der Waals surface area contributed by atoms with E-state index in [9.17, 15) is 33.0 Å². The van der Waals surface area contributed by atoms with Gasteiger partial charge in [0.2, 0.25) is 0 Å². The van der Waals surface area contributed by atoms with E-state index < -0.39 is 30.3 Å². The summed E-state index contributed by atoms with van der Waals surface area (Å²) >= 11 is 0. The zero-order chi connectivity index (χ0) is 28.3. The van der Waals surface area contributed by atoms with E-state index in [-0.39, 0.29) is 25.8 Å². The molecule has 1 aliphatic carbocycles. The molecule has 0 saturated heterocycles. The van der Waals surface area contributed by atoms with Crippen LogP contribution in [0.15, 0.2) is 54.6 Å². The number of nitrogens with zero attached hydrogens (tertiary/aromatic N) is 1. The Hall–Kier alpha value is -3.35. The fourth-order valence-electron chi connectivity index (χ4n) is 4.20. The van der Waals surface area contributed by atoms with Crippen LogP contribution in [-0.4, -0.2) is 71.4 Å². The van der Waals surface area contributed by atoms with E-state index in [2.05, 4.69) is 15.5 Å². The average molecular weight is 554 g/mol. The van der Waals surface area contributed by atoms with E-state index in [1.54, 1.807) is 36.4 Å². The van der Waals surface area contributed by atoms with Crippen LogP contribution in [0.25, 0.3) is 0 Å². The Kier molecular flexibility index (Phi) is 11.4. The van der Waals surface area contributed by atoms with Crippen molar-refractivity contribution >= 4 is 17.7 Å². The molecule has 2 amide bonds. The first kappa shape index (κ1) is 30.2. The number of benzene rings is 2. The molecule has 0 radical (unpaired) electrons. The van der Waals surface area contributed by atoms with E-state index in [1.807, 2.05) is 18.2 Å². The van der Waals surface area contributed by atoms with Gasteiger partial charge < -0.3 is 30.4 Å². The van der Waals surface area contributed by atoms with Crippen molar-refractivity contribution in [3.05, 3.63) is 60.2 Å². The number of para-hydroxylation sites is 1. The molecule has 3 rings (SSSR count). The van der Waals surface area contributed by atoms with Gasteiger partial charge in [0.05, 0.1) is 12.6 Å². The maximum absolute atomic E-state index is 12.8. The lowest BCUT2D eigenvalue weighted by atomic mass is 9.95. The molecule has 1 saturated carbocycles. The topological polar surface area (TPSA) is 120 Å². The summed E-state index contributed by atoms with van der Waals surface area (Å²) in [6.45, 7) is 0.0885. The minimum Gasteiger partial charge on any atom is -0.491 e. The van der Waals surface area contributed by atoms with E-state index in [0.717, 1.165) is 12.0 Å². The number of halogens is 3. The third kappa shape index (κ3) is 10.0. The molecule has 0 aromatic heterocycles. The first-order valence-corrected chi connectivity index (χ1v) is 12.8. The van der Waals surface area contributed by atoms with Crippen molar-refractivity contribution in [2.45, 2.75) is 62.9 Å². The number of rotatable bonds is 11. The number of nitrogens with one attached hydrogen (secondary N) is 2. The Bertz CT molecular complexity index is 1030. The van der Waals surface area contributed by atoms with Crippen molar-refractivity contribution in [2.75, 3.05) is 25.1 Å². The summed E-state index contributed by atoms with van der Waals surface area (Å²) in [5.41, 5.74) is 1.11. The first-order valence-electron chi connectivity index (χ1n) is 12.8. The Morgan fingerprint density at radius 3 is 2.31 bits per heavy atom. The van der Waals surface area contributed by atoms with Crippen LogP contribution in [-0.2, 0) is 16.1 Å². The largest absolute Gasteiger partial charge is 0.493 e. The smallest absolute Gasteiger partial charge is 0.491 e. The lowest BCUT2D eigenvalue weighted by molar-refractivity contribution is -0.234. The Labute approximate surface area is 224 Å². The molecule has 2 aromatic carbocycles. The van der Waals surface area contributed by atoms with Crippen LogP contribution in [0.2, 0.25) is 0 Å². The minimum atomic E-state index is -5.23. The third-order valence-corrected chi connectivity index (χ3v) is 6.25. The first-order chi connectivity index (χ1) is 18.7. The van der Waals surface area contributed by atoms with Gasteiger partial charge in [-0.1, -0.05) is 49.6 Å². The molecule has 2 aromatic rings. The number of urea groups is 1. The van der Waals surface area contributed by atoms with Crippen molar-refractivity contribution < 1.29 is 42.5 Å². The monoisotopic (exact) mass is 553 g/mol. The Morgan fingerprint density at radius 2 is 1.69 bits per heavy atom. The summed E-state index contributed by atoms with van der Waals surface area (Å²) in [6, 6.07) is 13.6. The van der Waals surface area contributed by atoms with Crippen LogP contribution < -0.4 is 15.4 Å². The fraction of sp³-hybridized carbons (Fsp3) is 0.481. The van der Waals surface area contributed by atoms with Gasteiger partial charge in [-0.3, -0.25) is 0 Å². The van der Waals surface area contributed by atoms with Gasteiger partial charge in [-0.15, -0.1) is 5.06 Å². The minimum absolute atomic E-state index is 0.0830. The third-order valence-electron chi connectivity index (χ3n) is 6.25. The molecule has 0 bridgehead atoms. The van der Waals surface area contributed by atoms with Gasteiger partial charge in [-0.25, -0.2) is 9.59 Å². The zero-order valence-corrected chi connectivity index (χ0v) is 21.4. The second kappa shape index (κ2) is 14.7. The highest BCUT2D eigenvalue weighted by atomic mass is 19.4. The van der Waals surface area contributed by atoms with Crippen LogP contribution in [0.5, 0.6) is 5.75 Å². The van der Waals surface area contributed by atoms with E-state index in [4.69, 9.17) is 4.74 Å². The van der Waals surface area contributed by atoms with E-state index >= 15 is 0 Å². The molecule has 0 heterocycles. The van der Waals surface area contributed by atoms with E-state index in [1.165, 1.54) is 0 Å². The van der Waals surface area contributed by atoms with Crippen molar-refractivity contribution in [3.8, 4) is 5.75 Å². The van der Waals surface area contributed by atoms with Crippen LogP contribution in [0.1, 0.15) is 37.7 Å². The van der Waals surface area contributed by atoms with Crippen molar-refractivity contribution in [3.63, 3.8) is 0 Å². The lowest BCUT2D eigenvalue weighted by Gasteiger charge is -2.32. The van der Waals surface area contributed by atoms with Gasteiger partial charge in [0.25, 0.3) is 0 Å². The number of hydrogen-bond acceptors (Lipinski definition) is 7. The summed E-state index contributed by atoms with van der Waals surface area (Å²) in [4.78, 5) is 28.7. The second-order valence-corrected chi connectivity index (χ2v) is 9.39. The molecule has 2 atom stereocenters. The molecule has 1 aliphatic rings. The average Bonchev–Trinajstić information content (AvgIpc) is 2.94. The van der Waals surface area contributed by atoms with E-state index in [0.29, 0.717) is 48.6 Å². The van der Waals surface area contributed by atoms with Crippen molar-refractivity contribution in [1.82, 2.24) is 10.4 Å². The zero-order valence-electron chi connectivity index (χ0n) is 21.4. The van der Waals surface area contributed by atoms with Crippen molar-refractivity contribution in [2.24, 2.45) is 0 Å². The molecule has 12 heteroatoms. The highest BCUT2D eigenvalue weighted by Crippen LogP contribution is 2.26. The quantitative estimate of drug-likeness (QED) is 0.313. The molecule has 0 spiro atoms. The predicted octanol–water partition coefficient (Wildman–Crippen LogP) is 3.81. The number of anilines is 1. The number of carbonyl (C=O) groups is 2. The maximum Gasteiger partial charge on any atom is 0.493 e. The van der Waals surface area contributed by atoms with Crippen LogP contribution >= 0.6 is 0 Å². The summed E-state index contributed by atoms with van der Waals surface area (Å²) in [5.74, 6) is -1.80. The summed E-state index contributed by atoms with van der Waals surface area (Å²) in [6.07, 6.45) is -2.43. The number of hydrogen-bond donors (Lipinski definition) is 4. The number of amides is 2. The number of carbonyl (C=O) groups excluding carboxylic acids is 2. The molecular formula is C27H34F3N3O6. The predicted molar refractivity (Wildman–Crippen MR) is 137 cm³/mol. The SMILES string of the molecule is O=C(Nc1ccc(C[C@@H](CO)NC[C@H](O)COc2ccccc2)cc1)N(OC(=O)C(F)(F)F)C1CCCCC1. The highest BCUT2D eigenvalue weighted by Gasteiger charge is 2.44. The standard InChI is InChI=1S/C27H34F3N3O6/c28-27(29,30)25(36)39-33(22-7-3-1-4-8-22)26(37)32-20-13-11-19(12-14-20)15-21(17-34)31-16-23(35)18-38-24-9-5-2-6-10-24/h2,5-6,9-14,21-23,31,34-35H,1,3-4,7-8,15-18H2,(H,32,37)/t21-,23-/m0/s1.